The number of rotatable bonds is 2. The fourth-order valence-electron chi connectivity index (χ4n) is 2.56. The molecule has 1 aliphatic rings. The van der Waals surface area contributed by atoms with Crippen LogP contribution in [0.25, 0.3) is 0 Å². The van der Waals surface area contributed by atoms with E-state index < -0.39 is 5.60 Å². The first kappa shape index (κ1) is 12.6. The Morgan fingerprint density at radius 3 is 2.12 bits per heavy atom. The zero-order valence-corrected chi connectivity index (χ0v) is 11.1. The van der Waals surface area contributed by atoms with Crippen molar-refractivity contribution >= 4 is 0 Å². The summed E-state index contributed by atoms with van der Waals surface area (Å²) in [4.78, 5) is 2.43. The van der Waals surface area contributed by atoms with Gasteiger partial charge in [-0.2, -0.15) is 0 Å². The Kier molecular flexibility index (Phi) is 3.55. The van der Waals surface area contributed by atoms with Crippen LogP contribution < -0.4 is 0 Å². The minimum Gasteiger partial charge on any atom is -0.385 e. The second-order valence-electron chi connectivity index (χ2n) is 5.53. The molecule has 1 heterocycles. The van der Waals surface area contributed by atoms with Crippen molar-refractivity contribution in [1.29, 1.82) is 0 Å². The van der Waals surface area contributed by atoms with E-state index in [1.165, 1.54) is 5.56 Å². The molecule has 2 heteroatoms. The summed E-state index contributed by atoms with van der Waals surface area (Å²) >= 11 is 0. The van der Waals surface area contributed by atoms with Gasteiger partial charge in [-0.3, -0.25) is 0 Å². The maximum absolute atomic E-state index is 10.7. The third kappa shape index (κ3) is 2.70. The Morgan fingerprint density at radius 2 is 1.65 bits per heavy atom. The molecule has 0 bridgehead atoms. The van der Waals surface area contributed by atoms with E-state index in [2.05, 4.69) is 49.9 Å². The van der Waals surface area contributed by atoms with E-state index in [-0.39, 0.29) is 0 Å². The van der Waals surface area contributed by atoms with Crippen LogP contribution in [-0.2, 0) is 5.60 Å². The zero-order chi connectivity index (χ0) is 12.5. The quantitative estimate of drug-likeness (QED) is 0.849. The summed E-state index contributed by atoms with van der Waals surface area (Å²) in [6, 6.07) is 8.89. The topological polar surface area (TPSA) is 23.5 Å². The van der Waals surface area contributed by atoms with Gasteiger partial charge >= 0.3 is 0 Å². The molecule has 0 saturated carbocycles. The number of benzene rings is 1. The minimum absolute atomic E-state index is 0.581. The highest BCUT2D eigenvalue weighted by Gasteiger charge is 2.34. The van der Waals surface area contributed by atoms with Gasteiger partial charge in [0, 0.05) is 19.1 Å². The number of aliphatic hydroxyl groups is 1. The molecule has 0 aromatic heterocycles. The van der Waals surface area contributed by atoms with Crippen LogP contribution in [0.3, 0.4) is 0 Å². The first-order valence-corrected chi connectivity index (χ1v) is 6.55. The van der Waals surface area contributed by atoms with E-state index in [1.807, 2.05) is 0 Å². The van der Waals surface area contributed by atoms with Crippen molar-refractivity contribution in [2.75, 3.05) is 13.1 Å². The van der Waals surface area contributed by atoms with Crippen molar-refractivity contribution in [1.82, 2.24) is 4.90 Å². The summed E-state index contributed by atoms with van der Waals surface area (Å²) in [5, 5.41) is 10.7. The maximum atomic E-state index is 10.7. The van der Waals surface area contributed by atoms with Crippen LogP contribution in [0.1, 0.15) is 37.8 Å². The van der Waals surface area contributed by atoms with Crippen LogP contribution in [0.15, 0.2) is 24.3 Å². The molecule has 94 valence electrons. The van der Waals surface area contributed by atoms with Crippen molar-refractivity contribution in [3.8, 4) is 0 Å². The second-order valence-corrected chi connectivity index (χ2v) is 5.53. The SMILES string of the molecule is Cc1ccc(C2(O)CCN(C(C)C)CC2)cc1. The molecule has 1 aromatic rings. The average molecular weight is 233 g/mol. The Labute approximate surface area is 104 Å². The van der Waals surface area contributed by atoms with Crippen molar-refractivity contribution in [3.05, 3.63) is 35.4 Å². The summed E-state index contributed by atoms with van der Waals surface area (Å²) in [6.45, 7) is 8.49. The average Bonchev–Trinajstić information content (AvgIpc) is 2.30. The van der Waals surface area contributed by atoms with Gasteiger partial charge in [0.15, 0.2) is 0 Å². The molecular weight excluding hydrogens is 210 g/mol. The molecule has 0 unspecified atom stereocenters. The lowest BCUT2D eigenvalue weighted by Gasteiger charge is -2.40. The molecule has 0 amide bonds. The van der Waals surface area contributed by atoms with Crippen LogP contribution >= 0.6 is 0 Å². The third-order valence-corrected chi connectivity index (χ3v) is 3.94. The number of nitrogens with zero attached hydrogens (tertiary/aromatic N) is 1. The van der Waals surface area contributed by atoms with E-state index in [9.17, 15) is 5.11 Å². The first-order chi connectivity index (χ1) is 8.01. The molecule has 0 atom stereocenters. The lowest BCUT2D eigenvalue weighted by Crippen LogP contribution is -2.45. The van der Waals surface area contributed by atoms with Crippen molar-refractivity contribution in [2.45, 2.75) is 45.3 Å². The van der Waals surface area contributed by atoms with Gasteiger partial charge in [-0.25, -0.2) is 0 Å². The fourth-order valence-corrected chi connectivity index (χ4v) is 2.56. The molecule has 1 fully saturated rings. The van der Waals surface area contributed by atoms with Gasteiger partial charge in [0.05, 0.1) is 5.60 Å². The van der Waals surface area contributed by atoms with Crippen molar-refractivity contribution in [3.63, 3.8) is 0 Å². The standard InChI is InChI=1S/C15H23NO/c1-12(2)16-10-8-15(17,9-11-16)14-6-4-13(3)5-7-14/h4-7,12,17H,8-11H2,1-3H3. The van der Waals surface area contributed by atoms with E-state index >= 15 is 0 Å². The molecule has 2 nitrogen and oxygen atoms in total. The second kappa shape index (κ2) is 4.79. The largest absolute Gasteiger partial charge is 0.385 e. The number of likely N-dealkylation sites (tertiary alicyclic amines) is 1. The van der Waals surface area contributed by atoms with Crippen LogP contribution in [0.2, 0.25) is 0 Å². The summed E-state index contributed by atoms with van der Waals surface area (Å²) in [7, 11) is 0. The van der Waals surface area contributed by atoms with E-state index in [0.717, 1.165) is 31.5 Å². The highest BCUT2D eigenvalue weighted by molar-refractivity contribution is 5.27. The monoisotopic (exact) mass is 233 g/mol. The molecule has 2 rings (SSSR count). The third-order valence-electron chi connectivity index (χ3n) is 3.94. The van der Waals surface area contributed by atoms with Gasteiger partial charge in [0.1, 0.15) is 0 Å². The van der Waals surface area contributed by atoms with Gasteiger partial charge in [0.2, 0.25) is 0 Å². The van der Waals surface area contributed by atoms with Gasteiger partial charge in [-0.15, -0.1) is 0 Å². The number of hydrogen-bond acceptors (Lipinski definition) is 2. The van der Waals surface area contributed by atoms with Gasteiger partial charge < -0.3 is 10.0 Å². The Hall–Kier alpha value is -0.860. The molecule has 0 radical (unpaired) electrons. The van der Waals surface area contributed by atoms with E-state index in [1.54, 1.807) is 0 Å². The summed E-state index contributed by atoms with van der Waals surface area (Å²) < 4.78 is 0. The molecule has 17 heavy (non-hydrogen) atoms. The Bertz CT molecular complexity index is 361. The fraction of sp³-hybridized carbons (Fsp3) is 0.600. The van der Waals surface area contributed by atoms with E-state index in [4.69, 9.17) is 0 Å². The highest BCUT2D eigenvalue weighted by atomic mass is 16.3. The lowest BCUT2D eigenvalue weighted by atomic mass is 9.84. The smallest absolute Gasteiger partial charge is 0.0920 e. The Balaban J connectivity index is 2.09. The first-order valence-electron chi connectivity index (χ1n) is 6.55. The number of piperidine rings is 1. The van der Waals surface area contributed by atoms with Crippen LogP contribution in [0, 0.1) is 6.92 Å². The summed E-state index contributed by atoms with van der Waals surface area (Å²) in [6.07, 6.45) is 1.68. The molecular formula is C15H23NO. The summed E-state index contributed by atoms with van der Waals surface area (Å²) in [5.41, 5.74) is 1.71. The van der Waals surface area contributed by atoms with E-state index in [0.29, 0.717) is 6.04 Å². The van der Waals surface area contributed by atoms with Crippen LogP contribution in [-0.4, -0.2) is 29.1 Å². The highest BCUT2D eigenvalue weighted by Crippen LogP contribution is 2.33. The molecule has 1 aliphatic heterocycles. The molecule has 1 N–H and O–H groups in total. The minimum atomic E-state index is -0.612. The van der Waals surface area contributed by atoms with Crippen molar-refractivity contribution < 1.29 is 5.11 Å². The Morgan fingerprint density at radius 1 is 1.12 bits per heavy atom. The molecule has 0 spiro atoms. The van der Waals surface area contributed by atoms with Gasteiger partial charge in [-0.05, 0) is 39.2 Å². The molecule has 1 aromatic carbocycles. The number of hydrogen-bond donors (Lipinski definition) is 1. The predicted octanol–water partition coefficient (Wildman–Crippen LogP) is 2.69. The van der Waals surface area contributed by atoms with Gasteiger partial charge in [0.25, 0.3) is 0 Å². The number of aryl methyl sites for hydroxylation is 1. The maximum Gasteiger partial charge on any atom is 0.0920 e. The lowest BCUT2D eigenvalue weighted by molar-refractivity contribution is -0.0323. The summed E-state index contributed by atoms with van der Waals surface area (Å²) in [5.74, 6) is 0. The van der Waals surface area contributed by atoms with Crippen LogP contribution in [0.5, 0.6) is 0 Å². The van der Waals surface area contributed by atoms with Crippen molar-refractivity contribution in [2.24, 2.45) is 0 Å². The zero-order valence-electron chi connectivity index (χ0n) is 11.1. The normalized spacial score (nSPS) is 20.8. The predicted molar refractivity (Wildman–Crippen MR) is 71.0 cm³/mol. The molecule has 1 saturated heterocycles. The van der Waals surface area contributed by atoms with Crippen LogP contribution in [0.4, 0.5) is 0 Å². The van der Waals surface area contributed by atoms with Gasteiger partial charge in [-0.1, -0.05) is 29.8 Å². The molecule has 0 aliphatic carbocycles.